The largest absolute Gasteiger partial charge is 0.507 e. The molecule has 2 rings (SSSR count). The first-order valence-electron chi connectivity index (χ1n) is 5.59. The number of rotatable bonds is 2. The van der Waals surface area contributed by atoms with E-state index in [0.29, 0.717) is 22.1 Å². The van der Waals surface area contributed by atoms with Crippen LogP contribution in [0.2, 0.25) is 0 Å². The number of hydrogen-bond acceptors (Lipinski definition) is 3. The molecule has 96 valence electrons. The number of aromatic hydroxyl groups is 1. The quantitative estimate of drug-likeness (QED) is 0.775. The van der Waals surface area contributed by atoms with Crippen LogP contribution in [0.15, 0.2) is 18.2 Å². The van der Waals surface area contributed by atoms with Crippen molar-refractivity contribution in [2.24, 2.45) is 5.73 Å². The monoisotopic (exact) mass is 360 g/mol. The second-order valence-corrected chi connectivity index (χ2v) is 5.39. The molecule has 1 saturated heterocycles. The van der Waals surface area contributed by atoms with Crippen LogP contribution in [0.25, 0.3) is 0 Å². The molecule has 1 aromatic rings. The van der Waals surface area contributed by atoms with Crippen molar-refractivity contribution in [2.75, 3.05) is 6.54 Å². The first-order valence-corrected chi connectivity index (χ1v) is 6.67. The molecule has 0 saturated carbocycles. The van der Waals surface area contributed by atoms with Gasteiger partial charge in [0, 0.05) is 12.1 Å². The molecule has 0 aliphatic carbocycles. The van der Waals surface area contributed by atoms with Crippen molar-refractivity contribution in [1.82, 2.24) is 4.90 Å². The average molecular weight is 360 g/mol. The van der Waals surface area contributed by atoms with Crippen LogP contribution in [0.4, 0.5) is 0 Å². The van der Waals surface area contributed by atoms with Crippen molar-refractivity contribution in [3.8, 4) is 5.75 Å². The molecular formula is C12H13IN2O3. The molecule has 0 bridgehead atoms. The lowest BCUT2D eigenvalue weighted by atomic mass is 10.1. The first-order chi connectivity index (χ1) is 8.50. The predicted octanol–water partition coefficient (Wildman–Crippen LogP) is 1.09. The van der Waals surface area contributed by atoms with Crippen LogP contribution in [0, 0.1) is 3.57 Å². The van der Waals surface area contributed by atoms with Gasteiger partial charge in [0.15, 0.2) is 0 Å². The number of carbonyl (C=O) groups is 2. The van der Waals surface area contributed by atoms with Crippen molar-refractivity contribution in [2.45, 2.75) is 18.9 Å². The molecule has 5 nitrogen and oxygen atoms in total. The predicted molar refractivity (Wildman–Crippen MR) is 74.1 cm³/mol. The van der Waals surface area contributed by atoms with Crippen molar-refractivity contribution >= 4 is 34.4 Å². The topological polar surface area (TPSA) is 83.6 Å². The van der Waals surface area contributed by atoms with Gasteiger partial charge in [0.1, 0.15) is 11.8 Å². The number of nitrogens with two attached hydrogens (primary N) is 1. The molecule has 3 N–H and O–H groups in total. The van der Waals surface area contributed by atoms with Gasteiger partial charge >= 0.3 is 0 Å². The second-order valence-electron chi connectivity index (χ2n) is 4.23. The Hall–Kier alpha value is -1.31. The molecule has 0 spiro atoms. The Bertz CT molecular complexity index is 504. The Morgan fingerprint density at radius 2 is 2.17 bits per heavy atom. The van der Waals surface area contributed by atoms with Gasteiger partial charge in [-0.05, 0) is 53.6 Å². The molecule has 1 atom stereocenters. The fourth-order valence-corrected chi connectivity index (χ4v) is 2.45. The number of phenols is 1. The van der Waals surface area contributed by atoms with Crippen molar-refractivity contribution < 1.29 is 14.7 Å². The van der Waals surface area contributed by atoms with Crippen LogP contribution >= 0.6 is 22.6 Å². The van der Waals surface area contributed by atoms with E-state index in [2.05, 4.69) is 0 Å². The highest BCUT2D eigenvalue weighted by atomic mass is 127. The Morgan fingerprint density at radius 1 is 1.44 bits per heavy atom. The molecule has 0 radical (unpaired) electrons. The van der Waals surface area contributed by atoms with Gasteiger partial charge in [0.2, 0.25) is 5.91 Å². The van der Waals surface area contributed by atoms with Crippen LogP contribution in [0.1, 0.15) is 23.2 Å². The van der Waals surface area contributed by atoms with Gasteiger partial charge in [-0.15, -0.1) is 0 Å². The maximum atomic E-state index is 12.2. The van der Waals surface area contributed by atoms with Crippen LogP contribution in [0.3, 0.4) is 0 Å². The summed E-state index contributed by atoms with van der Waals surface area (Å²) in [5, 5.41) is 9.60. The summed E-state index contributed by atoms with van der Waals surface area (Å²) in [6.07, 6.45) is 1.38. The fraction of sp³-hybridized carbons (Fsp3) is 0.333. The van der Waals surface area contributed by atoms with Crippen molar-refractivity contribution in [1.29, 1.82) is 0 Å². The molecule has 2 amide bonds. The number of likely N-dealkylation sites (tertiary alicyclic amines) is 1. The van der Waals surface area contributed by atoms with Crippen molar-refractivity contribution in [3.63, 3.8) is 0 Å². The molecule has 1 aliphatic rings. The van der Waals surface area contributed by atoms with Crippen LogP contribution in [0.5, 0.6) is 5.75 Å². The smallest absolute Gasteiger partial charge is 0.254 e. The van der Waals surface area contributed by atoms with E-state index in [1.807, 2.05) is 22.6 Å². The molecular weight excluding hydrogens is 347 g/mol. The number of amides is 2. The van der Waals surface area contributed by atoms with Gasteiger partial charge in [0.25, 0.3) is 5.91 Å². The maximum absolute atomic E-state index is 12.2. The summed E-state index contributed by atoms with van der Waals surface area (Å²) in [6.45, 7) is 0.527. The van der Waals surface area contributed by atoms with Gasteiger partial charge in [-0.25, -0.2) is 0 Å². The Kier molecular flexibility index (Phi) is 3.74. The lowest BCUT2D eigenvalue weighted by Gasteiger charge is -2.22. The summed E-state index contributed by atoms with van der Waals surface area (Å²) >= 11 is 1.98. The number of hydrogen-bond donors (Lipinski definition) is 2. The normalized spacial score (nSPS) is 18.9. The highest BCUT2D eigenvalue weighted by Gasteiger charge is 2.33. The van der Waals surface area contributed by atoms with Crippen LogP contribution < -0.4 is 5.73 Å². The average Bonchev–Trinajstić information content (AvgIpc) is 2.81. The fourth-order valence-electron chi connectivity index (χ4n) is 2.12. The third-order valence-corrected chi connectivity index (χ3v) is 3.95. The zero-order chi connectivity index (χ0) is 13.3. The Labute approximate surface area is 118 Å². The van der Waals surface area contributed by atoms with Gasteiger partial charge < -0.3 is 15.7 Å². The summed E-state index contributed by atoms with van der Waals surface area (Å²) in [5.41, 5.74) is 5.65. The molecule has 1 unspecified atom stereocenters. The van der Waals surface area contributed by atoms with E-state index in [4.69, 9.17) is 5.73 Å². The maximum Gasteiger partial charge on any atom is 0.254 e. The molecule has 1 fully saturated rings. The third-order valence-electron chi connectivity index (χ3n) is 3.04. The summed E-state index contributed by atoms with van der Waals surface area (Å²) in [5.74, 6) is -0.671. The van der Waals surface area contributed by atoms with Gasteiger partial charge in [-0.1, -0.05) is 0 Å². The summed E-state index contributed by atoms with van der Waals surface area (Å²) in [6, 6.07) is 4.19. The van der Waals surface area contributed by atoms with E-state index < -0.39 is 11.9 Å². The van der Waals surface area contributed by atoms with E-state index in [-0.39, 0.29) is 11.7 Å². The molecule has 0 aromatic heterocycles. The minimum absolute atomic E-state index is 0.0660. The van der Waals surface area contributed by atoms with E-state index >= 15 is 0 Å². The number of carbonyl (C=O) groups excluding carboxylic acids is 2. The highest BCUT2D eigenvalue weighted by Crippen LogP contribution is 2.24. The van der Waals surface area contributed by atoms with E-state index in [9.17, 15) is 14.7 Å². The first kappa shape index (κ1) is 13.1. The molecule has 18 heavy (non-hydrogen) atoms. The minimum Gasteiger partial charge on any atom is -0.507 e. The van der Waals surface area contributed by atoms with E-state index in [1.54, 1.807) is 12.1 Å². The van der Waals surface area contributed by atoms with Gasteiger partial charge in [0.05, 0.1) is 3.57 Å². The summed E-state index contributed by atoms with van der Waals surface area (Å²) in [7, 11) is 0. The van der Waals surface area contributed by atoms with Crippen LogP contribution in [-0.2, 0) is 4.79 Å². The third kappa shape index (κ3) is 2.43. The summed E-state index contributed by atoms with van der Waals surface area (Å²) < 4.78 is 0.678. The molecule has 1 aliphatic heterocycles. The van der Waals surface area contributed by atoms with E-state index in [1.165, 1.54) is 11.0 Å². The lowest BCUT2D eigenvalue weighted by Crippen LogP contribution is -2.43. The molecule has 6 heteroatoms. The summed E-state index contributed by atoms with van der Waals surface area (Å²) in [4.78, 5) is 25.0. The number of primary amides is 1. The number of phenolic OH excluding ortho intramolecular Hbond substituents is 1. The number of halogens is 1. The highest BCUT2D eigenvalue weighted by molar-refractivity contribution is 14.1. The van der Waals surface area contributed by atoms with Gasteiger partial charge in [-0.2, -0.15) is 0 Å². The number of nitrogens with zero attached hydrogens (tertiary/aromatic N) is 1. The minimum atomic E-state index is -0.529. The van der Waals surface area contributed by atoms with E-state index in [0.717, 1.165) is 6.42 Å². The Morgan fingerprint density at radius 3 is 2.78 bits per heavy atom. The molecule has 1 aromatic carbocycles. The van der Waals surface area contributed by atoms with Gasteiger partial charge in [-0.3, -0.25) is 9.59 Å². The van der Waals surface area contributed by atoms with Crippen LogP contribution in [-0.4, -0.2) is 34.4 Å². The zero-order valence-electron chi connectivity index (χ0n) is 9.60. The SMILES string of the molecule is NC(=O)C1CCCN1C(=O)c1ccc(I)c(O)c1. The Balaban J connectivity index is 2.25. The zero-order valence-corrected chi connectivity index (χ0v) is 11.8. The number of benzene rings is 1. The standard InChI is InChI=1S/C12H13IN2O3/c13-8-4-3-7(6-10(8)16)12(18)15-5-1-2-9(15)11(14)17/h3-4,6,9,16H,1-2,5H2,(H2,14,17). The second kappa shape index (κ2) is 5.13. The van der Waals surface area contributed by atoms with Crippen molar-refractivity contribution in [3.05, 3.63) is 27.3 Å². The lowest BCUT2D eigenvalue weighted by molar-refractivity contribution is -0.121. The molecule has 1 heterocycles.